The van der Waals surface area contributed by atoms with Gasteiger partial charge >= 0.3 is 36.1 Å². The molecule has 0 unspecified atom stereocenters. The summed E-state index contributed by atoms with van der Waals surface area (Å²) >= 11 is 2.21. The van der Waals surface area contributed by atoms with Crippen LogP contribution in [0.25, 0.3) is 0 Å². The molecule has 0 radical (unpaired) electrons. The van der Waals surface area contributed by atoms with Gasteiger partial charge < -0.3 is 67.5 Å². The first-order valence-corrected chi connectivity index (χ1v) is 32.7. The van der Waals surface area contributed by atoms with E-state index in [-0.39, 0.29) is 25.4 Å². The molecule has 2 N–H and O–H groups in total. The maximum atomic E-state index is 13.7. The molecule has 1 aliphatic carbocycles. The van der Waals surface area contributed by atoms with Gasteiger partial charge in [0.2, 0.25) is 0 Å². The highest BCUT2D eigenvalue weighted by Gasteiger charge is 2.53. The number of rotatable bonds is 25. The molecule has 498 valence electrons. The summed E-state index contributed by atoms with van der Waals surface area (Å²) in [7, 11) is 0. The molecule has 8 rings (SSSR count). The van der Waals surface area contributed by atoms with Crippen LogP contribution in [0.5, 0.6) is 34.5 Å². The van der Waals surface area contributed by atoms with Crippen LogP contribution in [0.3, 0.4) is 0 Å². The van der Waals surface area contributed by atoms with Crippen molar-refractivity contribution in [3.63, 3.8) is 0 Å². The quantitative estimate of drug-likeness (QED) is 0.0234. The van der Waals surface area contributed by atoms with Crippen molar-refractivity contribution >= 4 is 58.7 Å². The fourth-order valence-electron chi connectivity index (χ4n) is 10.9. The molecule has 0 spiro atoms. The number of para-hydroxylation sites is 2. The maximum Gasteiger partial charge on any atom is 0.412 e. The third kappa shape index (κ3) is 20.6. The molecular weight excluding hydrogens is 1320 g/mol. The Kier molecular flexibility index (Phi) is 26.8. The molecule has 2 amide bonds. The number of hydrogen-bond acceptors (Lipinski definition) is 18. The van der Waals surface area contributed by atoms with Gasteiger partial charge in [0, 0.05) is 75.6 Å². The van der Waals surface area contributed by atoms with Gasteiger partial charge in [0.25, 0.3) is 0 Å². The molecule has 1 aliphatic heterocycles. The zero-order valence-electron chi connectivity index (χ0n) is 54.3. The molecule has 94 heavy (non-hydrogen) atoms. The zero-order valence-corrected chi connectivity index (χ0v) is 56.5. The lowest BCUT2D eigenvalue weighted by Gasteiger charge is -2.43. The second kappa shape index (κ2) is 35.4. The highest BCUT2D eigenvalue weighted by atomic mass is 127. The van der Waals surface area contributed by atoms with Crippen LogP contribution in [0.1, 0.15) is 142 Å². The largest absolute Gasteiger partial charge is 0.493 e. The summed E-state index contributed by atoms with van der Waals surface area (Å²) in [5.41, 5.74) is 9.66. The van der Waals surface area contributed by atoms with E-state index >= 15 is 0 Å². The molecule has 2 aliphatic rings. The van der Waals surface area contributed by atoms with Crippen molar-refractivity contribution in [1.29, 1.82) is 0 Å². The molecule has 21 heteroatoms. The topological polar surface area (TPSA) is 237 Å². The number of carbonyl (C=O) groups excluding carboxylic acids is 6. The van der Waals surface area contributed by atoms with Crippen LogP contribution in [0.4, 0.5) is 9.59 Å². The van der Waals surface area contributed by atoms with Crippen LogP contribution >= 0.6 is 22.6 Å². The summed E-state index contributed by atoms with van der Waals surface area (Å²) < 4.78 is 73.1. The molecule has 1 saturated heterocycles. The van der Waals surface area contributed by atoms with Gasteiger partial charge in [-0.1, -0.05) is 75.9 Å². The van der Waals surface area contributed by atoms with Crippen LogP contribution in [0, 0.1) is 15.4 Å². The van der Waals surface area contributed by atoms with Gasteiger partial charge in [0.1, 0.15) is 53.8 Å². The summed E-state index contributed by atoms with van der Waals surface area (Å²) in [6.45, 7) is 14.4. The van der Waals surface area contributed by atoms with E-state index in [9.17, 15) is 28.8 Å². The Labute approximate surface area is 562 Å². The molecule has 5 atom stereocenters. The number of esters is 4. The highest BCUT2D eigenvalue weighted by Crippen LogP contribution is 2.41. The molecule has 6 aromatic carbocycles. The van der Waals surface area contributed by atoms with E-state index in [2.05, 4.69) is 121 Å². The van der Waals surface area contributed by atoms with E-state index in [1.54, 1.807) is 36.4 Å². The van der Waals surface area contributed by atoms with Gasteiger partial charge in [-0.3, -0.25) is 19.2 Å². The van der Waals surface area contributed by atoms with Crippen LogP contribution in [-0.2, 0) is 86.4 Å². The van der Waals surface area contributed by atoms with E-state index < -0.39 is 73.4 Å². The minimum absolute atomic E-state index is 0.101. The predicted octanol–water partition coefficient (Wildman–Crippen LogP) is 12.2. The summed E-state index contributed by atoms with van der Waals surface area (Å²) in [5, 5.41) is 5.95. The van der Waals surface area contributed by atoms with E-state index in [0.717, 1.165) is 129 Å². The first kappa shape index (κ1) is 71.0. The molecule has 1 heterocycles. The number of halogens is 1. The monoisotopic (exact) mass is 1400 g/mol. The van der Waals surface area contributed by atoms with Gasteiger partial charge in [-0.15, -0.1) is 0 Å². The second-order valence-corrected chi connectivity index (χ2v) is 23.8. The van der Waals surface area contributed by atoms with Crippen molar-refractivity contribution in [2.75, 3.05) is 39.6 Å². The lowest BCUT2D eigenvalue weighted by Crippen LogP contribution is -2.63. The maximum absolute atomic E-state index is 13.7. The van der Waals surface area contributed by atoms with Crippen molar-refractivity contribution in [2.24, 2.45) is 0 Å². The second-order valence-electron chi connectivity index (χ2n) is 22.5. The Bertz CT molecular complexity index is 3570. The minimum atomic E-state index is -1.41. The van der Waals surface area contributed by atoms with Crippen LogP contribution in [0.15, 0.2) is 109 Å². The average molecular weight is 1400 g/mol. The first-order chi connectivity index (χ1) is 45.4. The van der Waals surface area contributed by atoms with Crippen molar-refractivity contribution < 1.29 is 85.6 Å². The van der Waals surface area contributed by atoms with Gasteiger partial charge in [-0.25, -0.2) is 9.59 Å². The Morgan fingerprint density at radius 1 is 0.489 bits per heavy atom. The average Bonchev–Trinajstić information content (AvgIpc) is 0.796. The number of carbonyl (C=O) groups is 6. The summed E-state index contributed by atoms with van der Waals surface area (Å²) in [4.78, 5) is 75.5. The zero-order chi connectivity index (χ0) is 67.1. The number of nitrogens with one attached hydrogen (secondary N) is 2. The SMILES string of the molecule is CCCOc1c2cccc1Cc1cc(CNC(=O)Oc3ccc(C#CCO[C@H]4O[C@H](COC(C)=O)[C@@H](OC(C)=O)[C@H](OC(C)=O)[C@H]4OC(C)=O)cc3)cc(c1OCCC)Cc1cccc(c1OCCC)Cc1cc(CNC(=O)Oc3ccc(I)cc3)cc(c1OCCC)C2. The lowest BCUT2D eigenvalue weighted by atomic mass is 9.89. The van der Waals surface area contributed by atoms with Crippen LogP contribution in [0.2, 0.25) is 0 Å². The number of hydrogen-bond donors (Lipinski definition) is 2. The molecule has 8 bridgehead atoms. The number of ether oxygens (including phenoxy) is 12. The van der Waals surface area contributed by atoms with Crippen molar-refractivity contribution in [3.8, 4) is 46.3 Å². The van der Waals surface area contributed by atoms with E-state index in [4.69, 9.17) is 56.8 Å². The highest BCUT2D eigenvalue weighted by molar-refractivity contribution is 14.1. The molecule has 6 aromatic rings. The lowest BCUT2D eigenvalue weighted by molar-refractivity contribution is -0.305. The number of fused-ring (bicyclic) bond motifs is 8. The fourth-order valence-corrected chi connectivity index (χ4v) is 11.3. The van der Waals surface area contributed by atoms with E-state index in [1.165, 1.54) is 6.92 Å². The summed E-state index contributed by atoms with van der Waals surface area (Å²) in [6.07, 6.45) is -3.15. The van der Waals surface area contributed by atoms with Crippen LogP contribution in [-0.4, -0.2) is 106 Å². The number of amides is 2. The fraction of sp³-hybridized carbons (Fsp3) is 0.397. The molecule has 0 aromatic heterocycles. The van der Waals surface area contributed by atoms with Crippen molar-refractivity contribution in [3.05, 3.63) is 174 Å². The Hall–Kier alpha value is -8.85. The minimum Gasteiger partial charge on any atom is -0.493 e. The molecule has 20 nitrogen and oxygen atoms in total. The van der Waals surface area contributed by atoms with E-state index in [1.807, 2.05) is 24.3 Å². The van der Waals surface area contributed by atoms with Crippen LogP contribution < -0.4 is 39.1 Å². The standard InChI is InChI=1S/C73H81IN2O18/c1-9-29-83-64-52-17-13-19-54(64)40-58-36-51(43-76-73(82)93-62-27-23-60(74)24-28-62)37-59(67(58)86-32-12-4)41-55-20-14-18-53(65(55)84-30-10-2)39-57-35-50(34-56(38-52)66(57)85-31-11-3)42-75-72(81)92-61-25-21-49(22-26-61)16-15-33-87-71-70(91-48(8)80)69(90-47(7)79)68(89-46(6)78)63(94-71)44-88-45(5)77/h13-14,17-28,34-37,63,68-71H,9-12,29-33,38-44H2,1-8H3,(H,75,81)(H,76,82)/t63-,68-,69+,70-,71+/m1/s1. The van der Waals surface area contributed by atoms with Crippen molar-refractivity contribution in [1.82, 2.24) is 10.6 Å². The number of benzene rings is 6. The molecule has 1 fully saturated rings. The van der Waals surface area contributed by atoms with Crippen molar-refractivity contribution in [2.45, 2.75) is 151 Å². The summed E-state index contributed by atoms with van der Waals surface area (Å²) in [6, 6.07) is 34.6. The van der Waals surface area contributed by atoms with Gasteiger partial charge in [0.15, 0.2) is 24.6 Å². The summed E-state index contributed by atoms with van der Waals surface area (Å²) in [5.74, 6) is 6.61. The third-order valence-electron chi connectivity index (χ3n) is 14.8. The normalized spacial score (nSPS) is 16.3. The van der Waals surface area contributed by atoms with E-state index in [0.29, 0.717) is 63.4 Å². The Morgan fingerprint density at radius 3 is 1.27 bits per heavy atom. The predicted molar refractivity (Wildman–Crippen MR) is 356 cm³/mol. The van der Waals surface area contributed by atoms with Gasteiger partial charge in [-0.2, -0.15) is 0 Å². The Balaban J connectivity index is 1.06. The molecular formula is C73H81IN2O18. The smallest absolute Gasteiger partial charge is 0.412 e. The third-order valence-corrected chi connectivity index (χ3v) is 15.5. The van der Waals surface area contributed by atoms with Gasteiger partial charge in [-0.05, 0) is 177 Å². The Morgan fingerprint density at radius 2 is 0.872 bits per heavy atom. The molecule has 0 saturated carbocycles. The van der Waals surface area contributed by atoms with Gasteiger partial charge in [0.05, 0.1) is 26.4 Å². The first-order valence-electron chi connectivity index (χ1n) is 31.6.